The topological polar surface area (TPSA) is 44.2 Å². The molecule has 1 aromatic heterocycles. The summed E-state index contributed by atoms with van der Waals surface area (Å²) in [5.41, 5.74) is 1.99. The van der Waals surface area contributed by atoms with Crippen LogP contribution in [0.1, 0.15) is 41.5 Å². The van der Waals surface area contributed by atoms with Gasteiger partial charge in [-0.05, 0) is 16.6 Å². The quantitative estimate of drug-likeness (QED) is 0.675. The molecule has 0 aliphatic carbocycles. The van der Waals surface area contributed by atoms with E-state index in [1.807, 2.05) is 11.2 Å². The zero-order valence-electron chi connectivity index (χ0n) is 14.4. The molecular weight excluding hydrogens is 300 g/mol. The number of hydrogen-bond donors (Lipinski definition) is 0. The molecule has 0 saturated carbocycles. The SMILES string of the molecule is COc1ncc(S[Si](C(C)C)(C(C)C)C(C)C)nc1OC. The summed E-state index contributed by atoms with van der Waals surface area (Å²) in [6, 6.07) is 0. The van der Waals surface area contributed by atoms with Gasteiger partial charge in [0.2, 0.25) is 0 Å². The van der Waals surface area contributed by atoms with E-state index in [-0.39, 0.29) is 0 Å². The molecule has 0 radical (unpaired) electrons. The molecule has 1 aromatic rings. The monoisotopic (exact) mass is 328 g/mol. The van der Waals surface area contributed by atoms with E-state index in [2.05, 4.69) is 51.5 Å². The molecule has 0 bridgehead atoms. The molecule has 0 aliphatic rings. The van der Waals surface area contributed by atoms with Crippen LogP contribution in [-0.4, -0.2) is 31.4 Å². The Hall–Kier alpha value is -0.753. The highest BCUT2D eigenvalue weighted by Crippen LogP contribution is 2.51. The van der Waals surface area contributed by atoms with Crippen LogP contribution in [0.5, 0.6) is 11.8 Å². The largest absolute Gasteiger partial charge is 0.477 e. The lowest BCUT2D eigenvalue weighted by Crippen LogP contribution is -2.41. The maximum absolute atomic E-state index is 5.28. The number of methoxy groups -OCH3 is 2. The van der Waals surface area contributed by atoms with E-state index < -0.39 is 7.22 Å². The molecule has 120 valence electrons. The van der Waals surface area contributed by atoms with Crippen LogP contribution in [0.4, 0.5) is 0 Å². The van der Waals surface area contributed by atoms with Crippen molar-refractivity contribution >= 4 is 18.4 Å². The van der Waals surface area contributed by atoms with E-state index in [0.29, 0.717) is 28.4 Å². The smallest absolute Gasteiger partial charge is 0.278 e. The van der Waals surface area contributed by atoms with Gasteiger partial charge in [-0.15, -0.1) is 11.2 Å². The first kappa shape index (κ1) is 18.3. The summed E-state index contributed by atoms with van der Waals surface area (Å²) in [6.07, 6.45) is 1.81. The van der Waals surface area contributed by atoms with Crippen molar-refractivity contribution in [2.45, 2.75) is 63.2 Å². The Morgan fingerprint density at radius 1 is 0.905 bits per heavy atom. The molecular formula is C15H28N2O2SSi. The zero-order chi connectivity index (χ0) is 16.2. The van der Waals surface area contributed by atoms with Gasteiger partial charge in [0.25, 0.3) is 11.8 Å². The second kappa shape index (κ2) is 7.49. The predicted molar refractivity (Wildman–Crippen MR) is 92.0 cm³/mol. The van der Waals surface area contributed by atoms with Gasteiger partial charge in [-0.1, -0.05) is 41.5 Å². The molecule has 4 nitrogen and oxygen atoms in total. The van der Waals surface area contributed by atoms with E-state index in [0.717, 1.165) is 5.03 Å². The van der Waals surface area contributed by atoms with Crippen molar-refractivity contribution in [3.05, 3.63) is 6.20 Å². The van der Waals surface area contributed by atoms with Crippen LogP contribution in [0.2, 0.25) is 16.6 Å². The highest BCUT2D eigenvalue weighted by atomic mass is 32.4. The summed E-state index contributed by atoms with van der Waals surface area (Å²) in [4.78, 5) is 8.90. The molecule has 0 spiro atoms. The molecule has 0 atom stereocenters. The highest BCUT2D eigenvalue weighted by molar-refractivity contribution is 8.29. The van der Waals surface area contributed by atoms with Crippen LogP contribution < -0.4 is 9.47 Å². The third kappa shape index (κ3) is 3.72. The maximum Gasteiger partial charge on any atom is 0.278 e. The van der Waals surface area contributed by atoms with E-state index in [9.17, 15) is 0 Å². The Kier molecular flexibility index (Phi) is 6.53. The van der Waals surface area contributed by atoms with E-state index in [4.69, 9.17) is 9.47 Å². The fraction of sp³-hybridized carbons (Fsp3) is 0.733. The minimum absolute atomic E-state index is 0.438. The Morgan fingerprint density at radius 3 is 1.76 bits per heavy atom. The molecule has 0 fully saturated rings. The number of nitrogens with zero attached hydrogens (tertiary/aromatic N) is 2. The lowest BCUT2D eigenvalue weighted by molar-refractivity contribution is 0.328. The molecule has 6 heteroatoms. The van der Waals surface area contributed by atoms with Crippen molar-refractivity contribution < 1.29 is 9.47 Å². The van der Waals surface area contributed by atoms with Crippen LogP contribution in [-0.2, 0) is 0 Å². The van der Waals surface area contributed by atoms with Crippen LogP contribution in [0.3, 0.4) is 0 Å². The average molecular weight is 329 g/mol. The normalized spacial score (nSPS) is 12.3. The van der Waals surface area contributed by atoms with Crippen molar-refractivity contribution in [3.8, 4) is 11.8 Å². The Balaban J connectivity index is 3.21. The summed E-state index contributed by atoms with van der Waals surface area (Å²) < 4.78 is 10.4. The van der Waals surface area contributed by atoms with Crippen molar-refractivity contribution in [2.24, 2.45) is 0 Å². The van der Waals surface area contributed by atoms with Crippen molar-refractivity contribution in [1.82, 2.24) is 9.97 Å². The maximum atomic E-state index is 5.28. The van der Waals surface area contributed by atoms with Gasteiger partial charge in [0.1, 0.15) is 12.2 Å². The zero-order valence-corrected chi connectivity index (χ0v) is 16.2. The first-order valence-corrected chi connectivity index (χ1v) is 11.2. The highest BCUT2D eigenvalue weighted by Gasteiger charge is 2.44. The first-order valence-electron chi connectivity index (χ1n) is 7.43. The molecule has 0 aromatic carbocycles. The van der Waals surface area contributed by atoms with Crippen molar-refractivity contribution in [3.63, 3.8) is 0 Å². The minimum Gasteiger partial charge on any atom is -0.477 e. The second-order valence-electron chi connectivity index (χ2n) is 6.15. The van der Waals surface area contributed by atoms with E-state index in [1.54, 1.807) is 20.4 Å². The second-order valence-corrected chi connectivity index (χ2v) is 14.7. The van der Waals surface area contributed by atoms with Gasteiger partial charge in [-0.2, -0.15) is 0 Å². The summed E-state index contributed by atoms with van der Waals surface area (Å²) in [5.74, 6) is 0.898. The summed E-state index contributed by atoms with van der Waals surface area (Å²) >= 11 is 1.94. The van der Waals surface area contributed by atoms with Gasteiger partial charge in [-0.3, -0.25) is 0 Å². The molecule has 1 heterocycles. The number of rotatable bonds is 7. The lowest BCUT2D eigenvalue weighted by Gasteiger charge is -2.41. The molecule has 1 rings (SSSR count). The van der Waals surface area contributed by atoms with Gasteiger partial charge in [0.15, 0.2) is 0 Å². The number of hydrogen-bond acceptors (Lipinski definition) is 5. The van der Waals surface area contributed by atoms with Gasteiger partial charge in [-0.25, -0.2) is 9.97 Å². The van der Waals surface area contributed by atoms with Gasteiger partial charge < -0.3 is 9.47 Å². The molecule has 0 N–H and O–H groups in total. The fourth-order valence-corrected chi connectivity index (χ4v) is 12.0. The summed E-state index contributed by atoms with van der Waals surface area (Å²) in [5, 5.41) is 0.940. The summed E-state index contributed by atoms with van der Waals surface area (Å²) in [7, 11) is 1.56. The van der Waals surface area contributed by atoms with Crippen molar-refractivity contribution in [1.29, 1.82) is 0 Å². The van der Waals surface area contributed by atoms with E-state index in [1.165, 1.54) is 0 Å². The Morgan fingerprint density at radius 2 is 1.38 bits per heavy atom. The lowest BCUT2D eigenvalue weighted by atomic mass is 10.5. The van der Waals surface area contributed by atoms with Crippen LogP contribution in [0.15, 0.2) is 11.2 Å². The predicted octanol–water partition coefficient (Wildman–Crippen LogP) is 4.76. The Bertz CT molecular complexity index is 445. The Labute approximate surface area is 133 Å². The average Bonchev–Trinajstić information content (AvgIpc) is 2.43. The fourth-order valence-electron chi connectivity index (χ4n) is 3.20. The molecule has 21 heavy (non-hydrogen) atoms. The number of aromatic nitrogens is 2. The van der Waals surface area contributed by atoms with Crippen molar-refractivity contribution in [2.75, 3.05) is 14.2 Å². The molecule has 0 amide bonds. The first-order chi connectivity index (χ1) is 9.79. The third-order valence-electron chi connectivity index (χ3n) is 4.06. The van der Waals surface area contributed by atoms with Crippen LogP contribution >= 0.6 is 11.2 Å². The molecule has 0 aliphatic heterocycles. The number of ether oxygens (including phenoxy) is 2. The standard InChI is InChI=1S/C15H28N2O2SSi/c1-10(2)21(11(3)4,12(5)6)20-13-9-16-14(18-7)15(17-13)19-8/h9-12H,1-8H3. The third-order valence-corrected chi connectivity index (χ3v) is 16.2. The van der Waals surface area contributed by atoms with Crippen LogP contribution in [0, 0.1) is 0 Å². The van der Waals surface area contributed by atoms with Gasteiger partial charge in [0.05, 0.1) is 20.4 Å². The molecule has 0 unspecified atom stereocenters. The van der Waals surface area contributed by atoms with E-state index >= 15 is 0 Å². The minimum atomic E-state index is -1.61. The van der Waals surface area contributed by atoms with Gasteiger partial charge >= 0.3 is 0 Å². The molecule has 0 saturated heterocycles. The summed E-state index contributed by atoms with van der Waals surface area (Å²) in [6.45, 7) is 14.0. The van der Waals surface area contributed by atoms with Gasteiger partial charge in [0, 0.05) is 0 Å². The van der Waals surface area contributed by atoms with Crippen LogP contribution in [0.25, 0.3) is 0 Å².